The Kier molecular flexibility index (Phi) is 3.00. The molecule has 0 amide bonds. The summed E-state index contributed by atoms with van der Waals surface area (Å²) in [6, 6.07) is 8.54. The first kappa shape index (κ1) is 12.1. The van der Waals surface area contributed by atoms with E-state index in [1.54, 1.807) is 30.3 Å². The molecule has 2 heterocycles. The van der Waals surface area contributed by atoms with E-state index in [1.807, 2.05) is 0 Å². The van der Waals surface area contributed by atoms with Crippen molar-refractivity contribution in [3.63, 3.8) is 0 Å². The van der Waals surface area contributed by atoms with E-state index in [0.29, 0.717) is 23.0 Å². The van der Waals surface area contributed by atoms with Crippen LogP contribution in [0.3, 0.4) is 0 Å². The average Bonchev–Trinajstić information content (AvgIpc) is 2.94. The molecule has 3 rings (SSSR count). The molecular formula is C13H11N3O4. The predicted octanol–water partition coefficient (Wildman–Crippen LogP) is 1.70. The first-order valence-corrected chi connectivity index (χ1v) is 5.78. The largest absolute Gasteiger partial charge is 0.455 e. The van der Waals surface area contributed by atoms with Gasteiger partial charge in [0.25, 0.3) is 0 Å². The zero-order valence-electron chi connectivity index (χ0n) is 10.3. The number of pyridine rings is 1. The third-order valence-corrected chi connectivity index (χ3v) is 2.69. The van der Waals surface area contributed by atoms with Crippen LogP contribution in [0.4, 0.5) is 0 Å². The van der Waals surface area contributed by atoms with Gasteiger partial charge in [0.15, 0.2) is 28.8 Å². The number of nitrogens with zero attached hydrogens (tertiary/aromatic N) is 2. The lowest BCUT2D eigenvalue weighted by Gasteiger charge is -2.09. The maximum atomic E-state index is 8.74. The summed E-state index contributed by atoms with van der Waals surface area (Å²) in [6.07, 6.45) is 1.53. The topological polar surface area (TPSA) is 99.2 Å². The van der Waals surface area contributed by atoms with Gasteiger partial charge in [-0.25, -0.2) is 4.98 Å². The fourth-order valence-corrected chi connectivity index (χ4v) is 1.78. The lowest BCUT2D eigenvalue weighted by Crippen LogP contribution is -2.15. The maximum absolute atomic E-state index is 8.74. The molecule has 2 aromatic rings. The van der Waals surface area contributed by atoms with E-state index in [2.05, 4.69) is 10.1 Å². The lowest BCUT2D eigenvalue weighted by molar-refractivity contribution is 0.174. The van der Waals surface area contributed by atoms with Crippen molar-refractivity contribution in [2.24, 2.45) is 10.9 Å². The van der Waals surface area contributed by atoms with Gasteiger partial charge in [-0.15, -0.1) is 0 Å². The van der Waals surface area contributed by atoms with Gasteiger partial charge in [-0.3, -0.25) is 0 Å². The van der Waals surface area contributed by atoms with Crippen molar-refractivity contribution in [3.05, 3.63) is 42.2 Å². The molecule has 20 heavy (non-hydrogen) atoms. The van der Waals surface area contributed by atoms with Gasteiger partial charge in [0, 0.05) is 12.3 Å². The van der Waals surface area contributed by atoms with E-state index >= 15 is 0 Å². The third-order valence-electron chi connectivity index (χ3n) is 2.69. The molecule has 102 valence electrons. The van der Waals surface area contributed by atoms with E-state index in [9.17, 15) is 0 Å². The molecule has 7 heteroatoms. The Hall–Kier alpha value is -2.96. The highest BCUT2D eigenvalue weighted by molar-refractivity contribution is 5.97. The highest BCUT2D eigenvalue weighted by atomic mass is 16.7. The second-order valence-electron chi connectivity index (χ2n) is 3.95. The van der Waals surface area contributed by atoms with E-state index in [-0.39, 0.29) is 18.3 Å². The average molecular weight is 273 g/mol. The van der Waals surface area contributed by atoms with Crippen molar-refractivity contribution in [2.45, 2.75) is 0 Å². The van der Waals surface area contributed by atoms with Crippen molar-refractivity contribution in [1.82, 2.24) is 4.98 Å². The number of hydrogen-bond donors (Lipinski definition) is 2. The van der Waals surface area contributed by atoms with Crippen LogP contribution in [0, 0.1) is 0 Å². The van der Waals surface area contributed by atoms with Gasteiger partial charge in [0.1, 0.15) is 5.75 Å². The van der Waals surface area contributed by atoms with Gasteiger partial charge in [-0.05, 0) is 24.3 Å². The molecule has 1 aromatic heterocycles. The normalized spacial score (nSPS) is 13.3. The fourth-order valence-electron chi connectivity index (χ4n) is 1.78. The van der Waals surface area contributed by atoms with Gasteiger partial charge in [0.05, 0.1) is 0 Å². The first-order valence-electron chi connectivity index (χ1n) is 5.78. The molecule has 0 fully saturated rings. The van der Waals surface area contributed by atoms with Gasteiger partial charge in [-0.1, -0.05) is 5.16 Å². The Bertz CT molecular complexity index is 672. The Balaban J connectivity index is 1.92. The van der Waals surface area contributed by atoms with Gasteiger partial charge in [-0.2, -0.15) is 0 Å². The summed E-state index contributed by atoms with van der Waals surface area (Å²) >= 11 is 0. The minimum atomic E-state index is -0.124. The van der Waals surface area contributed by atoms with Crippen molar-refractivity contribution in [3.8, 4) is 23.0 Å². The Morgan fingerprint density at radius 1 is 1.30 bits per heavy atom. The SMILES string of the molecule is N/C(=N/O)c1ncccc1Oc1ccc2c(c1)OCO2. The molecule has 1 aromatic carbocycles. The molecule has 0 spiro atoms. The van der Waals surface area contributed by atoms with Crippen LogP contribution in [0.1, 0.15) is 5.69 Å². The molecule has 0 unspecified atom stereocenters. The summed E-state index contributed by atoms with van der Waals surface area (Å²) in [5.41, 5.74) is 5.81. The highest BCUT2D eigenvalue weighted by Crippen LogP contribution is 2.36. The highest BCUT2D eigenvalue weighted by Gasteiger charge is 2.15. The zero-order chi connectivity index (χ0) is 13.9. The predicted molar refractivity (Wildman–Crippen MR) is 69.4 cm³/mol. The summed E-state index contributed by atoms with van der Waals surface area (Å²) < 4.78 is 16.2. The van der Waals surface area contributed by atoms with Gasteiger partial charge in [0.2, 0.25) is 6.79 Å². The zero-order valence-corrected chi connectivity index (χ0v) is 10.3. The minimum Gasteiger partial charge on any atom is -0.455 e. The maximum Gasteiger partial charge on any atom is 0.231 e. The molecular weight excluding hydrogens is 262 g/mol. The summed E-state index contributed by atoms with van der Waals surface area (Å²) in [6.45, 7) is 0.195. The number of nitrogens with two attached hydrogens (primary N) is 1. The van der Waals surface area contributed by atoms with Crippen LogP contribution >= 0.6 is 0 Å². The molecule has 3 N–H and O–H groups in total. The Labute approximate surface area is 114 Å². The number of amidine groups is 1. The Morgan fingerprint density at radius 2 is 2.15 bits per heavy atom. The second-order valence-corrected chi connectivity index (χ2v) is 3.95. The standard InChI is InChI=1S/C13H11N3O4/c14-13(16-17)12-10(2-1-5-15-12)20-8-3-4-9-11(6-8)19-7-18-9/h1-6,17H,7H2,(H2,14,16). The molecule has 0 radical (unpaired) electrons. The van der Waals surface area contributed by atoms with Crippen LogP contribution < -0.4 is 19.9 Å². The molecule has 1 aliphatic rings. The van der Waals surface area contributed by atoms with Crippen molar-refractivity contribution in [1.29, 1.82) is 0 Å². The molecule has 7 nitrogen and oxygen atoms in total. The number of ether oxygens (including phenoxy) is 3. The van der Waals surface area contributed by atoms with E-state index in [0.717, 1.165) is 0 Å². The fraction of sp³-hybridized carbons (Fsp3) is 0.0769. The summed E-state index contributed by atoms with van der Waals surface area (Å²) in [4.78, 5) is 4.02. The van der Waals surface area contributed by atoms with Crippen LogP contribution in [-0.4, -0.2) is 22.8 Å². The van der Waals surface area contributed by atoms with E-state index in [1.165, 1.54) is 6.20 Å². The van der Waals surface area contributed by atoms with Gasteiger partial charge >= 0.3 is 0 Å². The molecule has 0 aliphatic carbocycles. The van der Waals surface area contributed by atoms with Gasteiger partial charge < -0.3 is 25.2 Å². The monoisotopic (exact) mass is 273 g/mol. The minimum absolute atomic E-state index is 0.124. The van der Waals surface area contributed by atoms with Crippen LogP contribution in [0.2, 0.25) is 0 Å². The summed E-state index contributed by atoms with van der Waals surface area (Å²) in [7, 11) is 0. The van der Waals surface area contributed by atoms with Crippen LogP contribution in [0.25, 0.3) is 0 Å². The lowest BCUT2D eigenvalue weighted by atomic mass is 10.3. The van der Waals surface area contributed by atoms with Crippen LogP contribution in [-0.2, 0) is 0 Å². The number of oxime groups is 1. The third kappa shape index (κ3) is 2.16. The smallest absolute Gasteiger partial charge is 0.231 e. The number of fused-ring (bicyclic) bond motifs is 1. The number of hydrogen-bond acceptors (Lipinski definition) is 6. The quantitative estimate of drug-likeness (QED) is 0.382. The molecule has 0 saturated carbocycles. The van der Waals surface area contributed by atoms with Crippen molar-refractivity contribution >= 4 is 5.84 Å². The first-order chi connectivity index (χ1) is 9.78. The molecule has 0 atom stereocenters. The molecule has 0 saturated heterocycles. The van der Waals surface area contributed by atoms with Crippen molar-refractivity contribution in [2.75, 3.05) is 6.79 Å². The summed E-state index contributed by atoms with van der Waals surface area (Å²) in [5.74, 6) is 2.06. The Morgan fingerprint density at radius 3 is 3.00 bits per heavy atom. The van der Waals surface area contributed by atoms with Crippen molar-refractivity contribution < 1.29 is 19.4 Å². The number of rotatable bonds is 3. The second kappa shape index (κ2) is 4.96. The summed E-state index contributed by atoms with van der Waals surface area (Å²) in [5, 5.41) is 11.7. The van der Waals surface area contributed by atoms with Crippen LogP contribution in [0.15, 0.2) is 41.7 Å². The van der Waals surface area contributed by atoms with Crippen LogP contribution in [0.5, 0.6) is 23.0 Å². The molecule has 0 bridgehead atoms. The number of benzene rings is 1. The number of aromatic nitrogens is 1. The van der Waals surface area contributed by atoms with E-state index in [4.69, 9.17) is 25.2 Å². The van der Waals surface area contributed by atoms with E-state index < -0.39 is 0 Å². The molecule has 1 aliphatic heterocycles.